The molecule has 0 radical (unpaired) electrons. The molecule has 0 aromatic carbocycles. The second-order valence-corrected chi connectivity index (χ2v) is 10.5. The van der Waals surface area contributed by atoms with Crippen LogP contribution in [-0.2, 0) is 6.42 Å². The molecule has 2 N–H and O–H groups in total. The number of nitrogens with one attached hydrogen (secondary N) is 2. The van der Waals surface area contributed by atoms with E-state index < -0.39 is 0 Å². The highest BCUT2D eigenvalue weighted by atomic mass is 16.2. The monoisotopic (exact) mass is 505 g/mol. The van der Waals surface area contributed by atoms with Gasteiger partial charge in [-0.15, -0.1) is 0 Å². The first-order valence-electron chi connectivity index (χ1n) is 13.1. The Labute approximate surface area is 221 Å². The van der Waals surface area contributed by atoms with Gasteiger partial charge in [0.2, 0.25) is 0 Å². The lowest BCUT2D eigenvalue weighted by Crippen LogP contribution is -2.37. The Bertz CT molecular complexity index is 1750. The molecular formula is C31H31N5O2. The van der Waals surface area contributed by atoms with Crippen molar-refractivity contribution < 1.29 is 9.59 Å². The molecule has 2 aromatic heterocycles. The zero-order valence-corrected chi connectivity index (χ0v) is 22.7. The van der Waals surface area contributed by atoms with Crippen molar-refractivity contribution in [1.82, 2.24) is 24.8 Å². The van der Waals surface area contributed by atoms with Crippen LogP contribution in [0.2, 0.25) is 0 Å². The van der Waals surface area contributed by atoms with E-state index >= 15 is 0 Å². The van der Waals surface area contributed by atoms with E-state index in [2.05, 4.69) is 50.3 Å². The van der Waals surface area contributed by atoms with Gasteiger partial charge in [-0.1, -0.05) is 26.5 Å². The maximum atomic E-state index is 13.5. The van der Waals surface area contributed by atoms with Crippen molar-refractivity contribution in [1.29, 1.82) is 0 Å². The van der Waals surface area contributed by atoms with E-state index in [-0.39, 0.29) is 17.7 Å². The third-order valence-corrected chi connectivity index (χ3v) is 8.31. The molecule has 4 aliphatic rings. The first kappa shape index (κ1) is 24.1. The fourth-order valence-corrected chi connectivity index (χ4v) is 5.99. The summed E-state index contributed by atoms with van der Waals surface area (Å²) < 4.78 is 0. The van der Waals surface area contributed by atoms with Crippen LogP contribution in [-0.4, -0.2) is 43.7 Å². The molecule has 0 fully saturated rings. The fourth-order valence-electron chi connectivity index (χ4n) is 5.99. The summed E-state index contributed by atoms with van der Waals surface area (Å²) in [6.45, 7) is 14.4. The predicted octanol–water partition coefficient (Wildman–Crippen LogP) is 6.38. The van der Waals surface area contributed by atoms with Crippen LogP contribution in [0.5, 0.6) is 0 Å². The minimum atomic E-state index is -0.306. The van der Waals surface area contributed by atoms with Crippen LogP contribution in [0.15, 0.2) is 30.9 Å². The number of fused-ring (bicyclic) bond motifs is 8. The van der Waals surface area contributed by atoms with Gasteiger partial charge in [0.25, 0.3) is 11.8 Å². The number of amides is 2. The standard InChI is InChI=1S/C31H31N5O2/c1-8-18-15(4)21-11-20-14(3)10-26(32-20)28-29-27(30(37)36(7)31(28)38)17(6)23(35-29)13-25-19(9-2)16(5)22(34-25)12-24(18)33-21/h8,11-14,32,35H,1,9-10H2,2-7H3/t14-/m0/s1. The number of hydrogen-bond acceptors (Lipinski definition) is 4. The van der Waals surface area contributed by atoms with E-state index in [1.54, 1.807) is 7.05 Å². The lowest BCUT2D eigenvalue weighted by Gasteiger charge is -2.21. The molecular weight excluding hydrogens is 474 g/mol. The van der Waals surface area contributed by atoms with Gasteiger partial charge < -0.3 is 9.97 Å². The summed E-state index contributed by atoms with van der Waals surface area (Å²) in [6.07, 6.45) is 3.33. The Morgan fingerprint density at radius 3 is 2.37 bits per heavy atom. The zero-order chi connectivity index (χ0) is 27.0. The number of nitrogens with zero attached hydrogens (tertiary/aromatic N) is 3. The summed E-state index contributed by atoms with van der Waals surface area (Å²) in [6, 6.07) is 6.12. The molecule has 0 saturated heterocycles. The second kappa shape index (κ2) is 8.38. The molecule has 38 heavy (non-hydrogen) atoms. The van der Waals surface area contributed by atoms with Crippen molar-refractivity contribution in [3.05, 3.63) is 81.7 Å². The Hall–Kier alpha value is -4.26. The summed E-state index contributed by atoms with van der Waals surface area (Å²) in [4.78, 5) is 45.0. The lowest BCUT2D eigenvalue weighted by molar-refractivity contribution is 0.0649. The van der Waals surface area contributed by atoms with E-state index in [0.29, 0.717) is 23.1 Å². The smallest absolute Gasteiger partial charge is 0.264 e. The van der Waals surface area contributed by atoms with Gasteiger partial charge in [0.15, 0.2) is 0 Å². The van der Waals surface area contributed by atoms with E-state index in [1.807, 2.05) is 25.1 Å². The third-order valence-electron chi connectivity index (χ3n) is 8.31. The van der Waals surface area contributed by atoms with E-state index in [0.717, 1.165) is 74.0 Å². The van der Waals surface area contributed by atoms with Gasteiger partial charge in [0.1, 0.15) is 0 Å². The SMILES string of the molecule is C=CC1=C(C)c2cc3[nH]c(c4c5[nH]c(cc6nc(cc1n2)C(C)=C6CC)c(C)c5C(=O)N(C)C4=O)C[C@@H]3C. The Balaban J connectivity index is 1.83. The van der Waals surface area contributed by atoms with Crippen LogP contribution in [0, 0.1) is 6.92 Å². The van der Waals surface area contributed by atoms with Crippen LogP contribution in [0.3, 0.4) is 0 Å². The van der Waals surface area contributed by atoms with Crippen LogP contribution in [0.1, 0.15) is 100 Å². The summed E-state index contributed by atoms with van der Waals surface area (Å²) in [5.41, 5.74) is 12.8. The van der Waals surface area contributed by atoms with Crippen LogP contribution < -0.4 is 0 Å². The number of carbonyl (C=O) groups is 2. The summed E-state index contributed by atoms with van der Waals surface area (Å²) in [5, 5.41) is 0. The molecule has 0 saturated carbocycles. The van der Waals surface area contributed by atoms with E-state index in [1.165, 1.54) is 4.90 Å². The predicted molar refractivity (Wildman–Crippen MR) is 151 cm³/mol. The minimum Gasteiger partial charge on any atom is -0.361 e. The largest absolute Gasteiger partial charge is 0.361 e. The average Bonchev–Trinajstić information content (AvgIpc) is 3.57. The molecule has 192 valence electrons. The Morgan fingerprint density at radius 2 is 1.66 bits per heavy atom. The van der Waals surface area contributed by atoms with Crippen LogP contribution >= 0.6 is 0 Å². The number of carbonyl (C=O) groups excluding carboxylic acids is 2. The fraction of sp³-hybridized carbons (Fsp3) is 0.290. The van der Waals surface area contributed by atoms with Gasteiger partial charge in [0, 0.05) is 35.4 Å². The highest BCUT2D eigenvalue weighted by molar-refractivity contribution is 6.23. The maximum Gasteiger partial charge on any atom is 0.264 e. The normalized spacial score (nSPS) is 17.9. The van der Waals surface area contributed by atoms with Crippen molar-refractivity contribution in [2.45, 2.75) is 53.4 Å². The maximum absolute atomic E-state index is 13.5. The molecule has 0 spiro atoms. The molecule has 8 bridgehead atoms. The summed E-state index contributed by atoms with van der Waals surface area (Å²) in [7, 11) is 1.55. The van der Waals surface area contributed by atoms with Crippen LogP contribution in [0.25, 0.3) is 33.3 Å². The summed E-state index contributed by atoms with van der Waals surface area (Å²) >= 11 is 0. The molecule has 7 heteroatoms. The Morgan fingerprint density at radius 1 is 0.974 bits per heavy atom. The average molecular weight is 506 g/mol. The quantitative estimate of drug-likeness (QED) is 0.463. The molecule has 1 atom stereocenters. The van der Waals surface area contributed by atoms with Crippen molar-refractivity contribution in [2.24, 2.45) is 0 Å². The first-order valence-corrected chi connectivity index (χ1v) is 13.1. The van der Waals surface area contributed by atoms with Crippen molar-refractivity contribution in [3.8, 4) is 0 Å². The van der Waals surface area contributed by atoms with Crippen molar-refractivity contribution in [2.75, 3.05) is 7.05 Å². The van der Waals surface area contributed by atoms with E-state index in [9.17, 15) is 9.59 Å². The number of aromatic nitrogens is 4. The number of aryl methyl sites for hydroxylation is 1. The number of allylic oxidation sites excluding steroid dienone is 5. The van der Waals surface area contributed by atoms with E-state index in [4.69, 9.17) is 9.97 Å². The number of imide groups is 1. The molecule has 2 amide bonds. The topological polar surface area (TPSA) is 94.7 Å². The van der Waals surface area contributed by atoms with Gasteiger partial charge in [-0.3, -0.25) is 14.5 Å². The zero-order valence-electron chi connectivity index (χ0n) is 22.7. The van der Waals surface area contributed by atoms with Crippen molar-refractivity contribution in [3.63, 3.8) is 0 Å². The molecule has 6 heterocycles. The van der Waals surface area contributed by atoms with Gasteiger partial charge in [0.05, 0.1) is 39.4 Å². The van der Waals surface area contributed by atoms with Crippen LogP contribution in [0.4, 0.5) is 0 Å². The van der Waals surface area contributed by atoms with Crippen molar-refractivity contribution >= 4 is 45.1 Å². The highest BCUT2D eigenvalue weighted by Crippen LogP contribution is 2.38. The van der Waals surface area contributed by atoms with Gasteiger partial charge in [-0.25, -0.2) is 9.97 Å². The number of aromatic amines is 2. The lowest BCUT2D eigenvalue weighted by atomic mass is 9.97. The second-order valence-electron chi connectivity index (χ2n) is 10.5. The minimum absolute atomic E-state index is 0.151. The molecule has 0 aliphatic carbocycles. The third kappa shape index (κ3) is 3.27. The molecule has 2 aromatic rings. The number of hydrogen-bond donors (Lipinski definition) is 2. The highest BCUT2D eigenvalue weighted by Gasteiger charge is 2.35. The Kier molecular flexibility index (Phi) is 5.31. The first-order chi connectivity index (χ1) is 18.1. The molecule has 6 rings (SSSR count). The molecule has 7 nitrogen and oxygen atoms in total. The van der Waals surface area contributed by atoms with Gasteiger partial charge in [-0.05, 0) is 74.1 Å². The summed E-state index contributed by atoms with van der Waals surface area (Å²) in [5.74, 6) is -0.447. The molecule has 4 aliphatic heterocycles. The molecule has 0 unspecified atom stereocenters. The number of rotatable bonds is 2. The van der Waals surface area contributed by atoms with Gasteiger partial charge in [-0.2, -0.15) is 0 Å². The number of H-pyrrole nitrogens is 2. The van der Waals surface area contributed by atoms with Gasteiger partial charge >= 0.3 is 0 Å².